The first-order valence-electron chi connectivity index (χ1n) is 7.48. The van der Waals surface area contributed by atoms with Crippen LogP contribution < -0.4 is 0 Å². The summed E-state index contributed by atoms with van der Waals surface area (Å²) < 4.78 is 36.2. The number of carbonyl (C=O) groups is 1. The fourth-order valence-corrected chi connectivity index (χ4v) is 5.55. The third-order valence-electron chi connectivity index (χ3n) is 4.16. The molecule has 0 radical (unpaired) electrons. The van der Waals surface area contributed by atoms with Crippen LogP contribution in [0, 0.1) is 12.7 Å². The second kappa shape index (κ2) is 6.25. The molecule has 1 aliphatic rings. The standard InChI is InChI=1S/C16H17FN2O3S2/c1-10-14(16(20)19(2)13-7-8-24(21,22)9-13)23-15(18-10)11-3-5-12(17)6-4-11/h3-6,13H,7-9H2,1-2H3. The number of aryl methyl sites for hydroxylation is 1. The van der Waals surface area contributed by atoms with Crippen molar-refractivity contribution in [2.75, 3.05) is 18.6 Å². The minimum atomic E-state index is -3.05. The summed E-state index contributed by atoms with van der Waals surface area (Å²) in [5.41, 5.74) is 1.34. The number of amides is 1. The molecule has 0 aliphatic carbocycles. The largest absolute Gasteiger partial charge is 0.337 e. The van der Waals surface area contributed by atoms with E-state index in [1.54, 1.807) is 26.1 Å². The van der Waals surface area contributed by atoms with Crippen LogP contribution in [-0.4, -0.2) is 48.8 Å². The first-order chi connectivity index (χ1) is 11.3. The van der Waals surface area contributed by atoms with Gasteiger partial charge in [-0.05, 0) is 37.6 Å². The molecular formula is C16H17FN2O3S2. The average molecular weight is 368 g/mol. The van der Waals surface area contributed by atoms with Gasteiger partial charge >= 0.3 is 0 Å². The molecule has 0 N–H and O–H groups in total. The number of sulfone groups is 1. The molecule has 24 heavy (non-hydrogen) atoms. The average Bonchev–Trinajstić information content (AvgIpc) is 3.09. The van der Waals surface area contributed by atoms with E-state index in [0.717, 1.165) is 5.56 Å². The van der Waals surface area contributed by atoms with Crippen LogP contribution in [0.15, 0.2) is 24.3 Å². The van der Waals surface area contributed by atoms with Gasteiger partial charge in [0.05, 0.1) is 17.2 Å². The van der Waals surface area contributed by atoms with Crippen LogP contribution in [0.4, 0.5) is 4.39 Å². The highest BCUT2D eigenvalue weighted by Crippen LogP contribution is 2.30. The van der Waals surface area contributed by atoms with Gasteiger partial charge in [0.2, 0.25) is 0 Å². The molecule has 1 saturated heterocycles. The van der Waals surface area contributed by atoms with E-state index in [4.69, 9.17) is 0 Å². The van der Waals surface area contributed by atoms with Gasteiger partial charge in [0.15, 0.2) is 9.84 Å². The lowest BCUT2D eigenvalue weighted by molar-refractivity contribution is 0.0751. The van der Waals surface area contributed by atoms with Crippen LogP contribution in [0.5, 0.6) is 0 Å². The van der Waals surface area contributed by atoms with Crippen molar-refractivity contribution < 1.29 is 17.6 Å². The Bertz CT molecular complexity index is 875. The Labute approximate surface area is 144 Å². The van der Waals surface area contributed by atoms with Crippen LogP contribution in [0.1, 0.15) is 21.8 Å². The molecule has 3 rings (SSSR count). The molecule has 8 heteroatoms. The highest BCUT2D eigenvalue weighted by atomic mass is 32.2. The molecule has 2 aromatic rings. The van der Waals surface area contributed by atoms with Gasteiger partial charge in [0.25, 0.3) is 5.91 Å². The van der Waals surface area contributed by atoms with Gasteiger partial charge in [-0.2, -0.15) is 0 Å². The van der Waals surface area contributed by atoms with Crippen LogP contribution >= 0.6 is 11.3 Å². The maximum absolute atomic E-state index is 13.0. The van der Waals surface area contributed by atoms with Crippen molar-refractivity contribution in [1.29, 1.82) is 0 Å². The molecule has 1 aromatic carbocycles. The van der Waals surface area contributed by atoms with Crippen molar-refractivity contribution in [2.45, 2.75) is 19.4 Å². The Morgan fingerprint density at radius 3 is 2.58 bits per heavy atom. The number of nitrogens with zero attached hydrogens (tertiary/aromatic N) is 2. The van der Waals surface area contributed by atoms with E-state index in [0.29, 0.717) is 22.0 Å². The number of aromatic nitrogens is 1. The molecule has 1 aliphatic heterocycles. The molecule has 2 heterocycles. The van der Waals surface area contributed by atoms with E-state index in [-0.39, 0.29) is 29.3 Å². The molecule has 128 valence electrons. The van der Waals surface area contributed by atoms with Crippen molar-refractivity contribution in [3.05, 3.63) is 40.7 Å². The number of hydrogen-bond acceptors (Lipinski definition) is 5. The van der Waals surface area contributed by atoms with Crippen molar-refractivity contribution in [1.82, 2.24) is 9.88 Å². The lowest BCUT2D eigenvalue weighted by Gasteiger charge is -2.22. The van der Waals surface area contributed by atoms with Crippen LogP contribution in [0.3, 0.4) is 0 Å². The summed E-state index contributed by atoms with van der Waals surface area (Å²) in [6.07, 6.45) is 0.466. The Morgan fingerprint density at radius 2 is 2.00 bits per heavy atom. The zero-order chi connectivity index (χ0) is 17.5. The van der Waals surface area contributed by atoms with E-state index < -0.39 is 9.84 Å². The van der Waals surface area contributed by atoms with Crippen molar-refractivity contribution >= 4 is 27.1 Å². The van der Waals surface area contributed by atoms with Crippen molar-refractivity contribution in [3.63, 3.8) is 0 Å². The Morgan fingerprint density at radius 1 is 1.33 bits per heavy atom. The van der Waals surface area contributed by atoms with Gasteiger partial charge in [-0.3, -0.25) is 4.79 Å². The van der Waals surface area contributed by atoms with Crippen molar-refractivity contribution in [3.8, 4) is 10.6 Å². The maximum atomic E-state index is 13.0. The summed E-state index contributed by atoms with van der Waals surface area (Å²) >= 11 is 1.24. The fraction of sp³-hybridized carbons (Fsp3) is 0.375. The number of thiazole rings is 1. The molecule has 1 unspecified atom stereocenters. The third kappa shape index (κ3) is 3.34. The summed E-state index contributed by atoms with van der Waals surface area (Å²) in [6.45, 7) is 1.75. The van der Waals surface area contributed by atoms with Gasteiger partial charge in [-0.25, -0.2) is 17.8 Å². The molecule has 1 amide bonds. The van der Waals surface area contributed by atoms with Crippen LogP contribution in [0.25, 0.3) is 10.6 Å². The Balaban J connectivity index is 1.84. The highest BCUT2D eigenvalue weighted by Gasteiger charge is 2.34. The first kappa shape index (κ1) is 17.0. The molecular weight excluding hydrogens is 351 g/mol. The molecule has 1 fully saturated rings. The fourth-order valence-electron chi connectivity index (χ4n) is 2.72. The summed E-state index contributed by atoms with van der Waals surface area (Å²) in [6, 6.07) is 5.65. The monoisotopic (exact) mass is 368 g/mol. The summed E-state index contributed by atoms with van der Waals surface area (Å²) in [5, 5.41) is 0.642. The SMILES string of the molecule is Cc1nc(-c2ccc(F)cc2)sc1C(=O)N(C)C1CCS(=O)(=O)C1. The van der Waals surface area contributed by atoms with E-state index in [2.05, 4.69) is 4.98 Å². The predicted molar refractivity (Wildman–Crippen MR) is 91.4 cm³/mol. The summed E-state index contributed by atoms with van der Waals surface area (Å²) in [4.78, 5) is 19.1. The highest BCUT2D eigenvalue weighted by molar-refractivity contribution is 7.91. The lowest BCUT2D eigenvalue weighted by atomic mass is 10.2. The smallest absolute Gasteiger partial charge is 0.265 e. The molecule has 1 aromatic heterocycles. The number of rotatable bonds is 3. The summed E-state index contributed by atoms with van der Waals surface area (Å²) in [7, 11) is -1.42. The lowest BCUT2D eigenvalue weighted by Crippen LogP contribution is -2.37. The third-order valence-corrected chi connectivity index (χ3v) is 7.10. The molecule has 0 bridgehead atoms. The minimum Gasteiger partial charge on any atom is -0.337 e. The van der Waals surface area contributed by atoms with Crippen molar-refractivity contribution in [2.24, 2.45) is 0 Å². The van der Waals surface area contributed by atoms with Gasteiger partial charge < -0.3 is 4.90 Å². The number of hydrogen-bond donors (Lipinski definition) is 0. The predicted octanol–water partition coefficient (Wildman–Crippen LogP) is 2.52. The normalized spacial score (nSPS) is 19.4. The zero-order valence-corrected chi connectivity index (χ0v) is 15.0. The van der Waals surface area contributed by atoms with Gasteiger partial charge in [-0.15, -0.1) is 11.3 Å². The Kier molecular flexibility index (Phi) is 4.44. The van der Waals surface area contributed by atoms with E-state index in [1.807, 2.05) is 0 Å². The second-order valence-electron chi connectivity index (χ2n) is 5.91. The second-order valence-corrected chi connectivity index (χ2v) is 9.14. The van der Waals surface area contributed by atoms with Gasteiger partial charge in [0, 0.05) is 18.7 Å². The molecule has 1 atom stereocenters. The topological polar surface area (TPSA) is 67.3 Å². The zero-order valence-electron chi connectivity index (χ0n) is 13.3. The van der Waals surface area contributed by atoms with E-state index >= 15 is 0 Å². The summed E-state index contributed by atoms with van der Waals surface area (Å²) in [5.74, 6) is -0.415. The quantitative estimate of drug-likeness (QED) is 0.835. The number of benzene rings is 1. The van der Waals surface area contributed by atoms with E-state index in [1.165, 1.54) is 28.4 Å². The van der Waals surface area contributed by atoms with E-state index in [9.17, 15) is 17.6 Å². The number of carbonyl (C=O) groups excluding carboxylic acids is 1. The Hall–Kier alpha value is -1.80. The molecule has 0 spiro atoms. The first-order valence-corrected chi connectivity index (χ1v) is 10.1. The molecule has 0 saturated carbocycles. The maximum Gasteiger partial charge on any atom is 0.265 e. The van der Waals surface area contributed by atoms with Crippen LogP contribution in [0.2, 0.25) is 0 Å². The van der Waals surface area contributed by atoms with Gasteiger partial charge in [-0.1, -0.05) is 0 Å². The minimum absolute atomic E-state index is 0.0118. The van der Waals surface area contributed by atoms with Crippen LogP contribution in [-0.2, 0) is 9.84 Å². The molecule has 5 nitrogen and oxygen atoms in total. The van der Waals surface area contributed by atoms with Gasteiger partial charge in [0.1, 0.15) is 15.7 Å². The number of halogens is 1.